The Hall–Kier alpha value is -3.38. The van der Waals surface area contributed by atoms with Crippen LogP contribution in [-0.4, -0.2) is 60.4 Å². The SMILES string of the molecule is CO[C@H]1/C=C/C[C@H](C)[C@@H](C)S(=O)(NC(=O)C(F)(F)F)=NC(=O)c2ccc3c(c2)N(C[C@@H]2CC[C@H]21)C[C@@]1(CCCc2cc(C)ccc21)CO3. The molecule has 2 aliphatic carbocycles. The number of halogens is 3. The minimum absolute atomic E-state index is 0.0544. The van der Waals surface area contributed by atoms with Crippen molar-refractivity contribution in [3.63, 3.8) is 0 Å². The first-order chi connectivity index (χ1) is 22.7. The van der Waals surface area contributed by atoms with Crippen LogP contribution in [0.4, 0.5) is 18.9 Å². The normalized spacial score (nSPS) is 32.9. The monoisotopic (exact) mass is 687 g/mol. The molecule has 2 heterocycles. The lowest BCUT2D eigenvalue weighted by Crippen LogP contribution is -2.49. The van der Waals surface area contributed by atoms with Crippen LogP contribution in [0.25, 0.3) is 0 Å². The van der Waals surface area contributed by atoms with Crippen LogP contribution in [-0.2, 0) is 31.3 Å². The molecule has 2 amide bonds. The Balaban J connectivity index is 1.47. The first-order valence-electron chi connectivity index (χ1n) is 16.7. The summed E-state index contributed by atoms with van der Waals surface area (Å²) in [5.41, 5.74) is 4.25. The van der Waals surface area contributed by atoms with Crippen LogP contribution in [0.2, 0.25) is 0 Å². The van der Waals surface area contributed by atoms with Gasteiger partial charge in [0.15, 0.2) is 0 Å². The van der Waals surface area contributed by atoms with Gasteiger partial charge in [-0.05, 0) is 99.5 Å². The zero-order valence-electron chi connectivity index (χ0n) is 27.8. The molecule has 2 aromatic rings. The van der Waals surface area contributed by atoms with Crippen LogP contribution in [0, 0.1) is 24.7 Å². The van der Waals surface area contributed by atoms with Crippen LogP contribution in [0.1, 0.15) is 73.0 Å². The Morgan fingerprint density at radius 2 is 1.96 bits per heavy atom. The zero-order chi connectivity index (χ0) is 34.4. The lowest BCUT2D eigenvalue weighted by atomic mass is 9.68. The molecule has 48 heavy (non-hydrogen) atoms. The molecule has 0 radical (unpaired) electrons. The first-order valence-corrected chi connectivity index (χ1v) is 18.3. The molecule has 2 aliphatic heterocycles. The van der Waals surface area contributed by atoms with Crippen molar-refractivity contribution >= 4 is 27.4 Å². The second-order valence-electron chi connectivity index (χ2n) is 14.1. The van der Waals surface area contributed by atoms with Gasteiger partial charge < -0.3 is 14.4 Å². The molecule has 2 aromatic carbocycles. The first kappa shape index (κ1) is 34.5. The van der Waals surface area contributed by atoms with Crippen LogP contribution in [0.3, 0.4) is 0 Å². The summed E-state index contributed by atoms with van der Waals surface area (Å²) in [6.45, 7) is 7.05. The fourth-order valence-electron chi connectivity index (χ4n) is 7.84. The number of benzene rings is 2. The van der Waals surface area contributed by atoms with Crippen LogP contribution >= 0.6 is 0 Å². The number of nitrogens with zero attached hydrogens (tertiary/aromatic N) is 2. The summed E-state index contributed by atoms with van der Waals surface area (Å²) in [4.78, 5) is 28.1. The largest absolute Gasteiger partial charge is 0.490 e. The molecule has 7 atom stereocenters. The molecule has 12 heteroatoms. The maximum absolute atomic E-state index is 14.1. The summed E-state index contributed by atoms with van der Waals surface area (Å²) in [6.07, 6.45) is 3.68. The van der Waals surface area contributed by atoms with E-state index in [4.69, 9.17) is 9.47 Å². The third-order valence-electron chi connectivity index (χ3n) is 11.0. The summed E-state index contributed by atoms with van der Waals surface area (Å²) in [5.74, 6) is -2.71. The molecule has 1 spiro atoms. The van der Waals surface area contributed by atoms with E-state index in [1.54, 1.807) is 30.9 Å². The maximum Gasteiger partial charge on any atom is 0.472 e. The van der Waals surface area contributed by atoms with Crippen molar-refractivity contribution in [1.82, 2.24) is 4.72 Å². The number of amides is 2. The van der Waals surface area contributed by atoms with Gasteiger partial charge in [-0.2, -0.15) is 13.2 Å². The second-order valence-corrected chi connectivity index (χ2v) is 16.4. The van der Waals surface area contributed by atoms with Crippen LogP contribution in [0.5, 0.6) is 5.75 Å². The van der Waals surface area contributed by atoms with E-state index in [2.05, 4.69) is 34.4 Å². The quantitative estimate of drug-likeness (QED) is 0.354. The van der Waals surface area contributed by atoms with E-state index in [1.165, 1.54) is 29.7 Å². The number of alkyl halides is 3. The lowest BCUT2D eigenvalue weighted by Gasteiger charge is -2.46. The Morgan fingerprint density at radius 3 is 2.67 bits per heavy atom. The molecular weight excluding hydrogens is 643 g/mol. The summed E-state index contributed by atoms with van der Waals surface area (Å²) in [6, 6.07) is 11.5. The molecule has 8 nitrogen and oxygen atoms in total. The molecule has 1 saturated carbocycles. The summed E-state index contributed by atoms with van der Waals surface area (Å²) < 4.78 is 72.2. The van der Waals surface area contributed by atoms with Crippen molar-refractivity contribution in [3.05, 3.63) is 70.8 Å². The highest BCUT2D eigenvalue weighted by molar-refractivity contribution is 7.93. The third-order valence-corrected chi connectivity index (χ3v) is 13.3. The topological polar surface area (TPSA) is 97.3 Å². The molecule has 1 unspecified atom stereocenters. The summed E-state index contributed by atoms with van der Waals surface area (Å²) >= 11 is 0. The smallest absolute Gasteiger partial charge is 0.472 e. The zero-order valence-corrected chi connectivity index (χ0v) is 28.7. The molecule has 2 bridgehead atoms. The molecule has 0 aromatic heterocycles. The van der Waals surface area contributed by atoms with Gasteiger partial charge >= 0.3 is 12.1 Å². The highest BCUT2D eigenvalue weighted by Crippen LogP contribution is 2.47. The summed E-state index contributed by atoms with van der Waals surface area (Å²) in [7, 11) is -2.53. The molecular formula is C36H44F3N3O5S. The number of anilines is 1. The van der Waals surface area contributed by atoms with Crippen molar-refractivity contribution in [2.45, 2.75) is 82.2 Å². The van der Waals surface area contributed by atoms with Gasteiger partial charge in [-0.3, -0.25) is 14.3 Å². The Labute approximate surface area is 280 Å². The molecule has 1 fully saturated rings. The number of rotatable bonds is 2. The van der Waals surface area contributed by atoms with Crippen LogP contribution < -0.4 is 14.4 Å². The number of hydrogen-bond acceptors (Lipinski definition) is 6. The number of ether oxygens (including phenoxy) is 2. The van der Waals surface area contributed by atoms with Gasteiger partial charge in [0.05, 0.1) is 23.6 Å². The number of carbonyl (C=O) groups is 2. The molecule has 260 valence electrons. The number of hydrogen-bond donors (Lipinski definition) is 1. The third kappa shape index (κ3) is 6.62. The van der Waals surface area contributed by atoms with E-state index in [-0.39, 0.29) is 23.0 Å². The molecule has 0 saturated heterocycles. The Kier molecular flexibility index (Phi) is 9.45. The minimum Gasteiger partial charge on any atom is -0.490 e. The lowest BCUT2D eigenvalue weighted by molar-refractivity contribution is -0.171. The number of aryl methyl sites for hydroxylation is 2. The van der Waals surface area contributed by atoms with Crippen molar-refractivity contribution < 1.29 is 36.4 Å². The van der Waals surface area contributed by atoms with Gasteiger partial charge in [0.1, 0.15) is 15.7 Å². The average Bonchev–Trinajstić information content (AvgIpc) is 3.17. The van der Waals surface area contributed by atoms with Gasteiger partial charge in [-0.1, -0.05) is 42.8 Å². The number of methoxy groups -OCH3 is 1. The number of allylic oxidation sites excluding steroid dienone is 1. The van der Waals surface area contributed by atoms with E-state index >= 15 is 0 Å². The van der Waals surface area contributed by atoms with Gasteiger partial charge in [0, 0.05) is 31.2 Å². The van der Waals surface area contributed by atoms with Crippen molar-refractivity contribution in [1.29, 1.82) is 0 Å². The highest BCUT2D eigenvalue weighted by Gasteiger charge is 2.45. The van der Waals surface area contributed by atoms with Crippen molar-refractivity contribution in [2.24, 2.45) is 22.1 Å². The number of fused-ring (bicyclic) bond motifs is 4. The van der Waals surface area contributed by atoms with Crippen molar-refractivity contribution in [3.8, 4) is 5.75 Å². The van der Waals surface area contributed by atoms with Gasteiger partial charge in [0.2, 0.25) is 0 Å². The predicted octanol–water partition coefficient (Wildman–Crippen LogP) is 6.70. The average molecular weight is 688 g/mol. The van der Waals surface area contributed by atoms with E-state index in [1.807, 2.05) is 12.2 Å². The highest BCUT2D eigenvalue weighted by atomic mass is 32.2. The fourth-order valence-corrected chi connectivity index (χ4v) is 9.71. The standard InChI is InChI=1S/C36H44F3N3O5S/c1-22-10-14-29-25(17-22)8-6-16-35(29)20-42-19-27-11-13-28(27)31(46-4)9-5-7-23(2)24(3)48(45,41-34(44)36(37,38)39)40-33(43)26-12-15-32(47-21-35)30(42)18-26/h5,9-10,12,14-15,17-18,23-24,27-28,31H,6-8,11,13,16,19-21H2,1-4H3,(H,40,41,43,44,45)/b9-5+/t23-,24+,27-,28+,31-,35-,48?/m0/s1. The number of nitrogens with one attached hydrogen (secondary N) is 1. The van der Waals surface area contributed by atoms with Crippen molar-refractivity contribution in [2.75, 3.05) is 31.7 Å². The molecule has 1 N–H and O–H groups in total. The van der Waals surface area contributed by atoms with E-state index in [0.29, 0.717) is 43.5 Å². The van der Waals surface area contributed by atoms with Gasteiger partial charge in [-0.15, -0.1) is 4.36 Å². The van der Waals surface area contributed by atoms with Crippen LogP contribution in [0.15, 0.2) is 52.9 Å². The maximum atomic E-state index is 14.1. The van der Waals surface area contributed by atoms with E-state index < -0.39 is 39.1 Å². The molecule has 4 aliphatic rings. The predicted molar refractivity (Wildman–Crippen MR) is 178 cm³/mol. The van der Waals surface area contributed by atoms with E-state index in [9.17, 15) is 27.0 Å². The molecule has 6 rings (SSSR count). The minimum atomic E-state index is -5.31. The second kappa shape index (κ2) is 13.2. The fraction of sp³-hybridized carbons (Fsp3) is 0.556. The van der Waals surface area contributed by atoms with Gasteiger partial charge in [0.25, 0.3) is 5.91 Å². The van der Waals surface area contributed by atoms with Gasteiger partial charge in [-0.25, -0.2) is 4.21 Å². The Bertz CT molecular complexity index is 1740. The van der Waals surface area contributed by atoms with E-state index in [0.717, 1.165) is 32.1 Å². The summed E-state index contributed by atoms with van der Waals surface area (Å²) in [5, 5.41) is -1.08. The number of carbonyl (C=O) groups excluding carboxylic acids is 2. The Morgan fingerprint density at radius 1 is 1.17 bits per heavy atom.